The molecule has 4 nitrogen and oxygen atoms in total. The van der Waals surface area contributed by atoms with Gasteiger partial charge in [-0.1, -0.05) is 12.1 Å². The van der Waals surface area contributed by atoms with Crippen molar-refractivity contribution in [3.05, 3.63) is 48.3 Å². The lowest BCUT2D eigenvalue weighted by molar-refractivity contribution is 0.101. The van der Waals surface area contributed by atoms with Crippen LogP contribution in [0.5, 0.6) is 0 Å². The first kappa shape index (κ1) is 9.39. The van der Waals surface area contributed by atoms with E-state index < -0.39 is 11.7 Å². The Balaban J connectivity index is 2.17. The molecular weight excluding hydrogens is 197 g/mol. The summed E-state index contributed by atoms with van der Waals surface area (Å²) >= 11 is 0. The second-order valence-electron chi connectivity index (χ2n) is 2.87. The van der Waals surface area contributed by atoms with Gasteiger partial charge in [-0.3, -0.25) is 4.79 Å². The van der Waals surface area contributed by atoms with E-state index in [1.807, 2.05) is 0 Å². The van der Waals surface area contributed by atoms with E-state index in [1.165, 1.54) is 24.5 Å². The molecule has 0 aliphatic heterocycles. The van der Waals surface area contributed by atoms with Crippen LogP contribution < -0.4 is 5.32 Å². The monoisotopic (exact) mass is 205 g/mol. The van der Waals surface area contributed by atoms with E-state index in [-0.39, 0.29) is 11.5 Å². The Morgan fingerprint density at radius 3 is 2.87 bits per heavy atom. The van der Waals surface area contributed by atoms with Crippen LogP contribution in [-0.4, -0.2) is 15.9 Å². The van der Waals surface area contributed by atoms with Gasteiger partial charge in [0.15, 0.2) is 5.82 Å². The van der Waals surface area contributed by atoms with E-state index in [9.17, 15) is 9.18 Å². The number of hydrogen-bond acceptors (Lipinski definition) is 2. The zero-order valence-corrected chi connectivity index (χ0v) is 7.70. The molecule has 5 heteroatoms. The highest BCUT2D eigenvalue weighted by Crippen LogP contribution is 2.12. The van der Waals surface area contributed by atoms with Crippen LogP contribution in [0, 0.1) is 5.82 Å². The van der Waals surface area contributed by atoms with Gasteiger partial charge in [0, 0.05) is 12.4 Å². The quantitative estimate of drug-likeness (QED) is 0.785. The molecule has 0 saturated carbocycles. The second-order valence-corrected chi connectivity index (χ2v) is 2.87. The van der Waals surface area contributed by atoms with Gasteiger partial charge in [0.05, 0.1) is 5.69 Å². The lowest BCUT2D eigenvalue weighted by atomic mass is 10.3. The highest BCUT2D eigenvalue weighted by Gasteiger charge is 2.09. The van der Waals surface area contributed by atoms with E-state index in [0.29, 0.717) is 0 Å². The number of anilines is 1. The number of halogens is 1. The van der Waals surface area contributed by atoms with Crippen molar-refractivity contribution in [2.24, 2.45) is 0 Å². The van der Waals surface area contributed by atoms with E-state index in [0.717, 1.165) is 0 Å². The lowest BCUT2D eigenvalue weighted by Crippen LogP contribution is -2.14. The molecule has 0 unspecified atom stereocenters. The van der Waals surface area contributed by atoms with E-state index in [1.54, 1.807) is 12.1 Å². The fraction of sp³-hybridized carbons (Fsp3) is 0. The summed E-state index contributed by atoms with van der Waals surface area (Å²) in [5, 5.41) is 2.40. The molecule has 0 bridgehead atoms. The van der Waals surface area contributed by atoms with Gasteiger partial charge in [0.25, 0.3) is 5.91 Å². The molecule has 1 aromatic heterocycles. The van der Waals surface area contributed by atoms with Gasteiger partial charge in [0.2, 0.25) is 0 Å². The first-order valence-corrected chi connectivity index (χ1v) is 4.32. The van der Waals surface area contributed by atoms with Crippen molar-refractivity contribution in [2.45, 2.75) is 0 Å². The number of aromatic amines is 1. The van der Waals surface area contributed by atoms with Crippen molar-refractivity contribution in [1.82, 2.24) is 9.97 Å². The molecule has 0 fully saturated rings. The maximum absolute atomic E-state index is 13.1. The highest BCUT2D eigenvalue weighted by atomic mass is 19.1. The van der Waals surface area contributed by atoms with Crippen LogP contribution >= 0.6 is 0 Å². The Labute approximate surface area is 85.2 Å². The smallest absolute Gasteiger partial charge is 0.291 e. The standard InChI is InChI=1S/C10H8FN3O/c11-7-3-1-2-4-8(7)14-10(15)9-12-5-6-13-9/h1-6H,(H,12,13)(H,14,15). The number of rotatable bonds is 2. The number of carbonyl (C=O) groups is 1. The van der Waals surface area contributed by atoms with Gasteiger partial charge >= 0.3 is 0 Å². The maximum atomic E-state index is 13.1. The number of H-pyrrole nitrogens is 1. The molecule has 0 saturated heterocycles. The Hall–Kier alpha value is -2.17. The third kappa shape index (κ3) is 2.01. The molecule has 0 aliphatic rings. The molecule has 0 aliphatic carbocycles. The Kier molecular flexibility index (Phi) is 2.45. The lowest BCUT2D eigenvalue weighted by Gasteiger charge is -2.03. The minimum absolute atomic E-state index is 0.138. The molecule has 0 radical (unpaired) electrons. The number of imidazole rings is 1. The SMILES string of the molecule is O=C(Nc1ccccc1F)c1ncc[nH]1. The Morgan fingerprint density at radius 2 is 2.20 bits per heavy atom. The summed E-state index contributed by atoms with van der Waals surface area (Å²) < 4.78 is 13.1. The number of nitrogens with zero attached hydrogens (tertiary/aromatic N) is 1. The molecule has 2 aromatic rings. The predicted molar refractivity (Wildman–Crippen MR) is 52.9 cm³/mol. The van der Waals surface area contributed by atoms with Crippen molar-refractivity contribution < 1.29 is 9.18 Å². The summed E-state index contributed by atoms with van der Waals surface area (Å²) in [5.74, 6) is -0.791. The zero-order valence-electron chi connectivity index (χ0n) is 7.70. The third-order valence-corrected chi connectivity index (χ3v) is 1.84. The summed E-state index contributed by atoms with van der Waals surface area (Å²) in [6.45, 7) is 0. The molecule has 0 spiro atoms. The van der Waals surface area contributed by atoms with Crippen molar-refractivity contribution in [3.8, 4) is 0 Å². The summed E-state index contributed by atoms with van der Waals surface area (Å²) in [7, 11) is 0. The third-order valence-electron chi connectivity index (χ3n) is 1.84. The Morgan fingerprint density at radius 1 is 1.40 bits per heavy atom. The first-order chi connectivity index (χ1) is 7.27. The number of nitrogens with one attached hydrogen (secondary N) is 2. The number of benzene rings is 1. The number of carbonyl (C=O) groups excluding carboxylic acids is 1. The van der Waals surface area contributed by atoms with Crippen molar-refractivity contribution in [1.29, 1.82) is 0 Å². The van der Waals surface area contributed by atoms with Crippen LogP contribution in [0.15, 0.2) is 36.7 Å². The van der Waals surface area contributed by atoms with Gasteiger partial charge in [-0.2, -0.15) is 0 Å². The van der Waals surface area contributed by atoms with E-state index in [4.69, 9.17) is 0 Å². The highest BCUT2D eigenvalue weighted by molar-refractivity contribution is 6.01. The fourth-order valence-corrected chi connectivity index (χ4v) is 1.13. The van der Waals surface area contributed by atoms with Gasteiger partial charge in [-0.25, -0.2) is 9.37 Å². The average molecular weight is 205 g/mol. The van der Waals surface area contributed by atoms with E-state index in [2.05, 4.69) is 15.3 Å². The van der Waals surface area contributed by atoms with Crippen LogP contribution in [0.25, 0.3) is 0 Å². The molecule has 1 amide bonds. The van der Waals surface area contributed by atoms with Crippen LogP contribution in [0.3, 0.4) is 0 Å². The maximum Gasteiger partial charge on any atom is 0.291 e. The number of hydrogen-bond donors (Lipinski definition) is 2. The van der Waals surface area contributed by atoms with Crippen molar-refractivity contribution in [2.75, 3.05) is 5.32 Å². The topological polar surface area (TPSA) is 57.8 Å². The van der Waals surface area contributed by atoms with Crippen molar-refractivity contribution >= 4 is 11.6 Å². The first-order valence-electron chi connectivity index (χ1n) is 4.32. The molecule has 0 atom stereocenters. The normalized spacial score (nSPS) is 9.93. The minimum atomic E-state index is -0.475. The molecule has 2 rings (SSSR count). The van der Waals surface area contributed by atoms with Crippen LogP contribution in [0.1, 0.15) is 10.6 Å². The van der Waals surface area contributed by atoms with Gasteiger partial charge < -0.3 is 10.3 Å². The zero-order chi connectivity index (χ0) is 10.7. The summed E-state index contributed by atoms with van der Waals surface area (Å²) in [5.41, 5.74) is 0.138. The number of amides is 1. The van der Waals surface area contributed by atoms with Gasteiger partial charge in [-0.05, 0) is 12.1 Å². The Bertz CT molecular complexity index is 467. The molecule has 1 heterocycles. The molecule has 2 N–H and O–H groups in total. The number of aromatic nitrogens is 2. The van der Waals surface area contributed by atoms with E-state index >= 15 is 0 Å². The average Bonchev–Trinajstić information content (AvgIpc) is 2.74. The predicted octanol–water partition coefficient (Wildman–Crippen LogP) is 1.80. The van der Waals surface area contributed by atoms with Crippen LogP contribution in [0.4, 0.5) is 10.1 Å². The molecule has 1 aromatic carbocycles. The molecule has 15 heavy (non-hydrogen) atoms. The minimum Gasteiger partial charge on any atom is -0.341 e. The molecular formula is C10H8FN3O. The largest absolute Gasteiger partial charge is 0.341 e. The number of para-hydroxylation sites is 1. The summed E-state index contributed by atoms with van der Waals surface area (Å²) in [6.07, 6.45) is 2.98. The van der Waals surface area contributed by atoms with Crippen LogP contribution in [-0.2, 0) is 0 Å². The second kappa shape index (κ2) is 3.91. The fourth-order valence-electron chi connectivity index (χ4n) is 1.13. The molecule has 76 valence electrons. The summed E-state index contributed by atoms with van der Waals surface area (Å²) in [6, 6.07) is 5.95. The van der Waals surface area contributed by atoms with Gasteiger partial charge in [-0.15, -0.1) is 0 Å². The van der Waals surface area contributed by atoms with Gasteiger partial charge in [0.1, 0.15) is 5.82 Å². The van der Waals surface area contributed by atoms with Crippen LogP contribution in [0.2, 0.25) is 0 Å². The van der Waals surface area contributed by atoms with Crippen molar-refractivity contribution in [3.63, 3.8) is 0 Å². The summed E-state index contributed by atoms with van der Waals surface area (Å²) in [4.78, 5) is 17.8.